The average Bonchev–Trinajstić information content (AvgIpc) is 2.60. The molecule has 1 aliphatic heterocycles. The summed E-state index contributed by atoms with van der Waals surface area (Å²) in [5.41, 5.74) is 0.973. The molecule has 0 aromatic carbocycles. The van der Waals surface area contributed by atoms with E-state index in [2.05, 4.69) is 19.9 Å². The molecule has 0 bridgehead atoms. The zero-order valence-electron chi connectivity index (χ0n) is 13.6. The van der Waals surface area contributed by atoms with Gasteiger partial charge in [-0.1, -0.05) is 0 Å². The molecule has 2 aromatic rings. The van der Waals surface area contributed by atoms with Crippen LogP contribution in [-0.2, 0) is 0 Å². The van der Waals surface area contributed by atoms with Crippen LogP contribution in [-0.4, -0.2) is 41.8 Å². The van der Waals surface area contributed by atoms with E-state index in [-0.39, 0.29) is 0 Å². The average molecular weight is 314 g/mol. The highest BCUT2D eigenvalue weighted by molar-refractivity contribution is 5.41. The lowest BCUT2D eigenvalue weighted by Gasteiger charge is -2.33. The molecule has 2 aromatic heterocycles. The molecule has 1 unspecified atom stereocenters. The Kier molecular flexibility index (Phi) is 4.90. The van der Waals surface area contributed by atoms with Crippen molar-refractivity contribution < 1.29 is 9.47 Å². The van der Waals surface area contributed by atoms with Crippen molar-refractivity contribution >= 4 is 5.82 Å². The SMILES string of the molecule is COc1cc(N2CCCC(COc3ccnc(C)c3)C2)ncn1. The number of aryl methyl sites for hydroxylation is 1. The molecule has 6 nitrogen and oxygen atoms in total. The first-order valence-corrected chi connectivity index (χ1v) is 7.91. The molecule has 0 radical (unpaired) electrons. The Morgan fingerprint density at radius 2 is 2.17 bits per heavy atom. The van der Waals surface area contributed by atoms with E-state index in [4.69, 9.17) is 9.47 Å². The van der Waals surface area contributed by atoms with Crippen molar-refractivity contribution in [2.45, 2.75) is 19.8 Å². The predicted molar refractivity (Wildman–Crippen MR) is 88.0 cm³/mol. The number of ether oxygens (including phenoxy) is 2. The van der Waals surface area contributed by atoms with Crippen LogP contribution in [0.25, 0.3) is 0 Å². The van der Waals surface area contributed by atoms with Gasteiger partial charge in [0.05, 0.1) is 13.7 Å². The van der Waals surface area contributed by atoms with Crippen LogP contribution in [0, 0.1) is 12.8 Å². The van der Waals surface area contributed by atoms with Gasteiger partial charge >= 0.3 is 0 Å². The summed E-state index contributed by atoms with van der Waals surface area (Å²) in [6.07, 6.45) is 5.64. The number of aromatic nitrogens is 3. The monoisotopic (exact) mass is 314 g/mol. The van der Waals surface area contributed by atoms with Crippen LogP contribution in [0.3, 0.4) is 0 Å². The molecular formula is C17H22N4O2. The molecule has 1 aliphatic rings. The van der Waals surface area contributed by atoms with Crippen molar-refractivity contribution in [2.24, 2.45) is 5.92 Å². The fourth-order valence-corrected chi connectivity index (χ4v) is 2.85. The molecule has 1 fully saturated rings. The zero-order valence-corrected chi connectivity index (χ0v) is 13.6. The summed E-state index contributed by atoms with van der Waals surface area (Å²) >= 11 is 0. The molecule has 0 spiro atoms. The third kappa shape index (κ3) is 4.09. The standard InChI is InChI=1S/C17H22N4O2/c1-13-8-15(5-6-18-13)23-11-14-4-3-7-21(10-14)16-9-17(22-2)20-12-19-16/h5-6,8-9,12,14H,3-4,7,10-11H2,1-2H3. The molecule has 122 valence electrons. The van der Waals surface area contributed by atoms with Gasteiger partial charge in [-0.15, -0.1) is 0 Å². The Bertz CT molecular complexity index is 650. The lowest BCUT2D eigenvalue weighted by molar-refractivity contribution is 0.228. The third-order valence-electron chi connectivity index (χ3n) is 4.03. The summed E-state index contributed by atoms with van der Waals surface area (Å²) in [4.78, 5) is 14.9. The molecule has 3 heterocycles. The molecule has 6 heteroatoms. The number of nitrogens with zero attached hydrogens (tertiary/aromatic N) is 4. The molecule has 1 saturated heterocycles. The van der Waals surface area contributed by atoms with Gasteiger partial charge in [0.2, 0.25) is 5.88 Å². The van der Waals surface area contributed by atoms with Crippen molar-refractivity contribution in [3.05, 3.63) is 36.4 Å². The van der Waals surface area contributed by atoms with Gasteiger partial charge in [0.15, 0.2) is 0 Å². The normalized spacial score (nSPS) is 17.8. The van der Waals surface area contributed by atoms with E-state index in [0.717, 1.165) is 36.8 Å². The van der Waals surface area contributed by atoms with E-state index < -0.39 is 0 Å². The van der Waals surface area contributed by atoms with Crippen LogP contribution in [0.1, 0.15) is 18.5 Å². The second kappa shape index (κ2) is 7.26. The van der Waals surface area contributed by atoms with Crippen molar-refractivity contribution in [1.82, 2.24) is 15.0 Å². The molecule has 23 heavy (non-hydrogen) atoms. The molecule has 0 aliphatic carbocycles. The number of anilines is 1. The van der Waals surface area contributed by atoms with E-state index in [0.29, 0.717) is 18.4 Å². The Morgan fingerprint density at radius 3 is 3.00 bits per heavy atom. The predicted octanol–water partition coefficient (Wildman–Crippen LogP) is 2.48. The van der Waals surface area contributed by atoms with Gasteiger partial charge in [0.1, 0.15) is 17.9 Å². The molecule has 0 saturated carbocycles. The zero-order chi connectivity index (χ0) is 16.1. The second-order valence-electron chi connectivity index (χ2n) is 5.82. The molecular weight excluding hydrogens is 292 g/mol. The van der Waals surface area contributed by atoms with Gasteiger partial charge in [0, 0.05) is 43.0 Å². The largest absolute Gasteiger partial charge is 0.493 e. The second-order valence-corrected chi connectivity index (χ2v) is 5.82. The third-order valence-corrected chi connectivity index (χ3v) is 4.03. The number of methoxy groups -OCH3 is 1. The highest BCUT2D eigenvalue weighted by Crippen LogP contribution is 2.24. The Hall–Kier alpha value is -2.37. The minimum atomic E-state index is 0.484. The molecule has 0 N–H and O–H groups in total. The van der Waals surface area contributed by atoms with Gasteiger partial charge in [-0.2, -0.15) is 0 Å². The van der Waals surface area contributed by atoms with Crippen LogP contribution in [0.4, 0.5) is 5.82 Å². The smallest absolute Gasteiger partial charge is 0.218 e. The van der Waals surface area contributed by atoms with E-state index in [1.165, 1.54) is 6.42 Å². The number of piperidine rings is 1. The van der Waals surface area contributed by atoms with Crippen molar-refractivity contribution in [1.29, 1.82) is 0 Å². The van der Waals surface area contributed by atoms with Crippen molar-refractivity contribution in [2.75, 3.05) is 31.7 Å². The van der Waals surface area contributed by atoms with E-state index in [1.807, 2.05) is 25.1 Å². The van der Waals surface area contributed by atoms with Crippen molar-refractivity contribution in [3.63, 3.8) is 0 Å². The fraction of sp³-hybridized carbons (Fsp3) is 0.471. The minimum absolute atomic E-state index is 0.484. The maximum atomic E-state index is 5.93. The summed E-state index contributed by atoms with van der Waals surface area (Å²) in [6, 6.07) is 5.76. The fourth-order valence-electron chi connectivity index (χ4n) is 2.85. The summed E-state index contributed by atoms with van der Waals surface area (Å²) in [5.74, 6) is 2.89. The summed E-state index contributed by atoms with van der Waals surface area (Å²) in [7, 11) is 1.62. The van der Waals surface area contributed by atoms with E-state index in [9.17, 15) is 0 Å². The van der Waals surface area contributed by atoms with Crippen LogP contribution in [0.15, 0.2) is 30.7 Å². The molecule has 1 atom stereocenters. The number of pyridine rings is 1. The Balaban J connectivity index is 1.59. The van der Waals surface area contributed by atoms with E-state index >= 15 is 0 Å². The quantitative estimate of drug-likeness (QED) is 0.845. The first-order chi connectivity index (χ1) is 11.2. The Morgan fingerprint density at radius 1 is 1.26 bits per heavy atom. The maximum Gasteiger partial charge on any atom is 0.218 e. The highest BCUT2D eigenvalue weighted by Gasteiger charge is 2.22. The molecule has 0 amide bonds. The first-order valence-electron chi connectivity index (χ1n) is 7.91. The van der Waals surface area contributed by atoms with Crippen molar-refractivity contribution in [3.8, 4) is 11.6 Å². The summed E-state index contributed by atoms with van der Waals surface area (Å²) in [5, 5.41) is 0. The van der Waals surface area contributed by atoms with E-state index in [1.54, 1.807) is 19.6 Å². The van der Waals surface area contributed by atoms with Crippen LogP contribution < -0.4 is 14.4 Å². The van der Waals surface area contributed by atoms with Crippen LogP contribution in [0.2, 0.25) is 0 Å². The number of rotatable bonds is 5. The topological polar surface area (TPSA) is 60.4 Å². The highest BCUT2D eigenvalue weighted by atomic mass is 16.5. The first kappa shape index (κ1) is 15.5. The van der Waals surface area contributed by atoms with Gasteiger partial charge in [0.25, 0.3) is 0 Å². The summed E-state index contributed by atoms with van der Waals surface area (Å²) in [6.45, 7) is 4.62. The van der Waals surface area contributed by atoms with Crippen LogP contribution >= 0.6 is 0 Å². The number of hydrogen-bond acceptors (Lipinski definition) is 6. The summed E-state index contributed by atoms with van der Waals surface area (Å²) < 4.78 is 11.1. The van der Waals surface area contributed by atoms with Gasteiger partial charge < -0.3 is 14.4 Å². The lowest BCUT2D eigenvalue weighted by Crippen LogP contribution is -2.38. The minimum Gasteiger partial charge on any atom is -0.493 e. The van der Waals surface area contributed by atoms with Gasteiger partial charge in [-0.05, 0) is 25.8 Å². The molecule has 3 rings (SSSR count). The Labute approximate surface area is 136 Å². The van der Waals surface area contributed by atoms with Crippen LogP contribution in [0.5, 0.6) is 11.6 Å². The van der Waals surface area contributed by atoms with Gasteiger partial charge in [-0.25, -0.2) is 9.97 Å². The maximum absolute atomic E-state index is 5.93. The lowest BCUT2D eigenvalue weighted by atomic mass is 9.99. The van der Waals surface area contributed by atoms with Gasteiger partial charge in [-0.3, -0.25) is 4.98 Å². The number of hydrogen-bond donors (Lipinski definition) is 0.